The molecule has 114 valence electrons. The van der Waals surface area contributed by atoms with Crippen LogP contribution in [-0.4, -0.2) is 54.1 Å². The SMILES string of the molecule is CN1CC2(CCCN(C(=O)c3ccc(C#N)cc3)C2)OC1=O. The Morgan fingerprint density at radius 2 is 2.05 bits per heavy atom. The number of piperidine rings is 1. The van der Waals surface area contributed by atoms with Gasteiger partial charge in [-0.2, -0.15) is 5.26 Å². The lowest BCUT2D eigenvalue weighted by Gasteiger charge is -2.38. The van der Waals surface area contributed by atoms with E-state index in [0.29, 0.717) is 30.8 Å². The van der Waals surface area contributed by atoms with Crippen molar-refractivity contribution in [2.24, 2.45) is 0 Å². The molecule has 0 aliphatic carbocycles. The summed E-state index contributed by atoms with van der Waals surface area (Å²) in [4.78, 5) is 27.5. The maximum atomic E-state index is 12.6. The third-order valence-electron chi connectivity index (χ3n) is 4.23. The number of carbonyl (C=O) groups is 2. The van der Waals surface area contributed by atoms with E-state index >= 15 is 0 Å². The molecule has 0 N–H and O–H groups in total. The molecule has 1 aromatic carbocycles. The summed E-state index contributed by atoms with van der Waals surface area (Å²) in [5.74, 6) is -0.0887. The molecule has 0 bridgehead atoms. The third-order valence-corrected chi connectivity index (χ3v) is 4.23. The second kappa shape index (κ2) is 5.34. The molecular formula is C16H17N3O3. The molecule has 0 aromatic heterocycles. The van der Waals surface area contributed by atoms with Gasteiger partial charge in [0.15, 0.2) is 0 Å². The van der Waals surface area contributed by atoms with Gasteiger partial charge in [0, 0.05) is 19.2 Å². The van der Waals surface area contributed by atoms with Crippen LogP contribution >= 0.6 is 0 Å². The van der Waals surface area contributed by atoms with Crippen LogP contribution in [0.1, 0.15) is 28.8 Å². The number of amides is 2. The maximum Gasteiger partial charge on any atom is 0.410 e. The van der Waals surface area contributed by atoms with Gasteiger partial charge in [0.2, 0.25) is 0 Å². The predicted molar refractivity (Wildman–Crippen MR) is 78.1 cm³/mol. The van der Waals surface area contributed by atoms with Crippen molar-refractivity contribution in [1.82, 2.24) is 9.80 Å². The van der Waals surface area contributed by atoms with Gasteiger partial charge in [-0.1, -0.05) is 0 Å². The average Bonchev–Trinajstić information content (AvgIpc) is 2.80. The number of hydrogen-bond donors (Lipinski definition) is 0. The van der Waals surface area contributed by atoms with Gasteiger partial charge in [-0.3, -0.25) is 4.79 Å². The van der Waals surface area contributed by atoms with E-state index in [4.69, 9.17) is 10.00 Å². The van der Waals surface area contributed by atoms with E-state index in [9.17, 15) is 9.59 Å². The fraction of sp³-hybridized carbons (Fsp3) is 0.438. The molecule has 6 nitrogen and oxygen atoms in total. The number of hydrogen-bond acceptors (Lipinski definition) is 4. The van der Waals surface area contributed by atoms with Crippen molar-refractivity contribution >= 4 is 12.0 Å². The molecule has 2 heterocycles. The number of nitrogens with zero attached hydrogens (tertiary/aromatic N) is 3. The van der Waals surface area contributed by atoms with E-state index < -0.39 is 5.60 Å². The summed E-state index contributed by atoms with van der Waals surface area (Å²) in [6, 6.07) is 8.63. The van der Waals surface area contributed by atoms with E-state index in [1.165, 1.54) is 0 Å². The van der Waals surface area contributed by atoms with Crippen molar-refractivity contribution < 1.29 is 14.3 Å². The van der Waals surface area contributed by atoms with Crippen molar-refractivity contribution in [1.29, 1.82) is 5.26 Å². The number of benzene rings is 1. The van der Waals surface area contributed by atoms with E-state index in [1.807, 2.05) is 6.07 Å². The van der Waals surface area contributed by atoms with Gasteiger partial charge in [0.1, 0.15) is 5.60 Å². The lowest BCUT2D eigenvalue weighted by Crippen LogP contribution is -2.52. The Bertz CT molecular complexity index is 650. The minimum absolute atomic E-state index is 0.0887. The summed E-state index contributed by atoms with van der Waals surface area (Å²) in [5, 5.41) is 8.81. The minimum atomic E-state index is -0.577. The number of nitriles is 1. The molecule has 6 heteroatoms. The van der Waals surface area contributed by atoms with Crippen LogP contribution in [0.2, 0.25) is 0 Å². The van der Waals surface area contributed by atoms with Crippen LogP contribution in [0, 0.1) is 11.3 Å². The van der Waals surface area contributed by atoms with Crippen molar-refractivity contribution in [3.05, 3.63) is 35.4 Å². The van der Waals surface area contributed by atoms with Crippen LogP contribution in [0.4, 0.5) is 4.79 Å². The second-order valence-corrected chi connectivity index (χ2v) is 5.93. The molecule has 1 spiro atoms. The Hall–Kier alpha value is -2.55. The quantitative estimate of drug-likeness (QED) is 0.789. The Morgan fingerprint density at radius 1 is 1.32 bits per heavy atom. The average molecular weight is 299 g/mol. The summed E-state index contributed by atoms with van der Waals surface area (Å²) >= 11 is 0. The van der Waals surface area contributed by atoms with Gasteiger partial charge in [-0.05, 0) is 37.1 Å². The Kier molecular flexibility index (Phi) is 3.49. The van der Waals surface area contributed by atoms with Crippen molar-refractivity contribution in [3.63, 3.8) is 0 Å². The van der Waals surface area contributed by atoms with Crippen LogP contribution in [0.5, 0.6) is 0 Å². The molecule has 2 aliphatic heterocycles. The first-order valence-electron chi connectivity index (χ1n) is 7.27. The highest BCUT2D eigenvalue weighted by molar-refractivity contribution is 5.94. The van der Waals surface area contributed by atoms with Crippen LogP contribution in [-0.2, 0) is 4.74 Å². The van der Waals surface area contributed by atoms with Gasteiger partial charge in [0.25, 0.3) is 5.91 Å². The molecule has 1 unspecified atom stereocenters. The highest BCUT2D eigenvalue weighted by Gasteiger charge is 2.47. The highest BCUT2D eigenvalue weighted by atomic mass is 16.6. The normalized spacial score (nSPS) is 24.3. The zero-order chi connectivity index (χ0) is 15.7. The molecule has 1 atom stereocenters. The first-order valence-corrected chi connectivity index (χ1v) is 7.27. The largest absolute Gasteiger partial charge is 0.439 e. The number of likely N-dealkylation sites (tertiary alicyclic amines) is 1. The van der Waals surface area contributed by atoms with Crippen LogP contribution < -0.4 is 0 Å². The summed E-state index contributed by atoms with van der Waals surface area (Å²) < 4.78 is 5.50. The summed E-state index contributed by atoms with van der Waals surface area (Å²) in [6.45, 7) is 1.59. The lowest BCUT2D eigenvalue weighted by molar-refractivity contribution is -0.00521. The van der Waals surface area contributed by atoms with E-state index in [0.717, 1.165) is 12.8 Å². The highest BCUT2D eigenvalue weighted by Crippen LogP contribution is 2.31. The molecule has 2 saturated heterocycles. The lowest BCUT2D eigenvalue weighted by atomic mass is 9.92. The fourth-order valence-corrected chi connectivity index (χ4v) is 3.15. The molecule has 2 aliphatic rings. The molecule has 2 amide bonds. The first kappa shape index (κ1) is 14.4. The maximum absolute atomic E-state index is 12.6. The fourth-order valence-electron chi connectivity index (χ4n) is 3.15. The van der Waals surface area contributed by atoms with Crippen molar-refractivity contribution in [2.45, 2.75) is 18.4 Å². The van der Waals surface area contributed by atoms with Gasteiger partial charge in [-0.25, -0.2) is 4.79 Å². The predicted octanol–water partition coefficient (Wildman–Crippen LogP) is 1.62. The van der Waals surface area contributed by atoms with Gasteiger partial charge >= 0.3 is 6.09 Å². The molecule has 22 heavy (non-hydrogen) atoms. The topological polar surface area (TPSA) is 73.6 Å². The zero-order valence-electron chi connectivity index (χ0n) is 12.4. The molecule has 0 radical (unpaired) electrons. The zero-order valence-corrected chi connectivity index (χ0v) is 12.4. The van der Waals surface area contributed by atoms with Gasteiger partial charge < -0.3 is 14.5 Å². The summed E-state index contributed by atoms with van der Waals surface area (Å²) in [7, 11) is 1.71. The Balaban J connectivity index is 1.75. The summed E-state index contributed by atoms with van der Waals surface area (Å²) in [5.41, 5.74) is 0.499. The van der Waals surface area contributed by atoms with Crippen LogP contribution in [0.25, 0.3) is 0 Å². The van der Waals surface area contributed by atoms with Gasteiger partial charge in [0.05, 0.1) is 24.7 Å². The van der Waals surface area contributed by atoms with E-state index in [-0.39, 0.29) is 12.0 Å². The second-order valence-electron chi connectivity index (χ2n) is 5.93. The number of carbonyl (C=O) groups excluding carboxylic acids is 2. The third kappa shape index (κ3) is 2.50. The van der Waals surface area contributed by atoms with Gasteiger partial charge in [-0.15, -0.1) is 0 Å². The van der Waals surface area contributed by atoms with Crippen LogP contribution in [0.15, 0.2) is 24.3 Å². The first-order chi connectivity index (χ1) is 10.5. The molecule has 2 fully saturated rings. The standard InChI is InChI=1S/C16H17N3O3/c1-18-10-16(22-15(18)21)7-2-8-19(11-16)14(20)13-5-3-12(9-17)4-6-13/h3-6H,2,7-8,10-11H2,1H3. The monoisotopic (exact) mass is 299 g/mol. The van der Waals surface area contributed by atoms with Crippen molar-refractivity contribution in [3.8, 4) is 6.07 Å². The Morgan fingerprint density at radius 3 is 2.64 bits per heavy atom. The molecule has 1 aromatic rings. The minimum Gasteiger partial charge on any atom is -0.439 e. The number of rotatable bonds is 1. The Labute approximate surface area is 128 Å². The summed E-state index contributed by atoms with van der Waals surface area (Å²) in [6.07, 6.45) is 1.26. The van der Waals surface area contributed by atoms with Crippen LogP contribution in [0.3, 0.4) is 0 Å². The van der Waals surface area contributed by atoms with E-state index in [1.54, 1.807) is 41.1 Å². The number of likely N-dealkylation sites (N-methyl/N-ethyl adjacent to an activating group) is 1. The van der Waals surface area contributed by atoms with E-state index in [2.05, 4.69) is 0 Å². The molecule has 3 rings (SSSR count). The number of ether oxygens (including phenoxy) is 1. The molecular weight excluding hydrogens is 282 g/mol. The smallest absolute Gasteiger partial charge is 0.410 e. The van der Waals surface area contributed by atoms with Crippen molar-refractivity contribution in [2.75, 3.05) is 26.7 Å². The molecule has 0 saturated carbocycles.